The third-order valence-electron chi connectivity index (χ3n) is 3.88. The topological polar surface area (TPSA) is 69.7 Å². The Morgan fingerprint density at radius 1 is 1.09 bits per heavy atom. The molecule has 120 valence electrons. The first-order valence-electron chi connectivity index (χ1n) is 7.28. The van der Waals surface area contributed by atoms with Crippen LogP contribution in [-0.4, -0.2) is 55.9 Å². The van der Waals surface area contributed by atoms with E-state index >= 15 is 0 Å². The van der Waals surface area contributed by atoms with Crippen molar-refractivity contribution in [2.45, 2.75) is 23.8 Å². The average molecular weight is 388 g/mol. The SMILES string of the molecule is O=C(NC1CC1)N1CCN(S(=O)(=O)c2ccc(Br)cc2)CC1. The van der Waals surface area contributed by atoms with Crippen molar-refractivity contribution in [3.8, 4) is 0 Å². The second kappa shape index (κ2) is 6.17. The number of benzene rings is 1. The Morgan fingerprint density at radius 3 is 2.23 bits per heavy atom. The Labute approximate surface area is 138 Å². The third-order valence-corrected chi connectivity index (χ3v) is 6.32. The average Bonchev–Trinajstić information content (AvgIpc) is 3.32. The second-order valence-electron chi connectivity index (χ2n) is 5.57. The molecule has 2 fully saturated rings. The predicted molar refractivity (Wildman–Crippen MR) is 86.0 cm³/mol. The molecule has 3 rings (SSSR count). The standard InChI is InChI=1S/C14H18BrN3O3S/c15-11-1-5-13(6-2-11)22(20,21)18-9-7-17(8-10-18)14(19)16-12-3-4-12/h1-2,5-6,12H,3-4,7-10H2,(H,16,19). The van der Waals surface area contributed by atoms with Crippen molar-refractivity contribution in [3.05, 3.63) is 28.7 Å². The van der Waals surface area contributed by atoms with Crippen LogP contribution in [-0.2, 0) is 10.0 Å². The van der Waals surface area contributed by atoms with E-state index in [1.807, 2.05) is 0 Å². The van der Waals surface area contributed by atoms with Gasteiger partial charge in [0.25, 0.3) is 0 Å². The van der Waals surface area contributed by atoms with E-state index in [4.69, 9.17) is 0 Å². The van der Waals surface area contributed by atoms with Gasteiger partial charge in [-0.05, 0) is 37.1 Å². The maximum absolute atomic E-state index is 12.6. The number of carbonyl (C=O) groups is 1. The maximum atomic E-state index is 12.6. The Balaban J connectivity index is 1.62. The largest absolute Gasteiger partial charge is 0.335 e. The summed E-state index contributed by atoms with van der Waals surface area (Å²) < 4.78 is 27.4. The monoisotopic (exact) mass is 387 g/mol. The summed E-state index contributed by atoms with van der Waals surface area (Å²) in [6.07, 6.45) is 2.09. The van der Waals surface area contributed by atoms with Crippen LogP contribution in [0.2, 0.25) is 0 Å². The molecule has 1 aromatic rings. The summed E-state index contributed by atoms with van der Waals surface area (Å²) in [5.41, 5.74) is 0. The number of nitrogens with zero attached hydrogens (tertiary/aromatic N) is 2. The number of hydrogen-bond donors (Lipinski definition) is 1. The van der Waals surface area contributed by atoms with E-state index in [-0.39, 0.29) is 10.9 Å². The van der Waals surface area contributed by atoms with E-state index < -0.39 is 10.0 Å². The molecule has 1 N–H and O–H groups in total. The van der Waals surface area contributed by atoms with Crippen LogP contribution in [0, 0.1) is 0 Å². The summed E-state index contributed by atoms with van der Waals surface area (Å²) >= 11 is 3.30. The van der Waals surface area contributed by atoms with E-state index in [2.05, 4.69) is 21.2 Å². The summed E-state index contributed by atoms with van der Waals surface area (Å²) in [5.74, 6) is 0. The lowest BCUT2D eigenvalue weighted by atomic mass is 10.4. The molecule has 1 aliphatic heterocycles. The normalized spacial score (nSPS) is 20.0. The van der Waals surface area contributed by atoms with Crippen LogP contribution in [0.3, 0.4) is 0 Å². The number of rotatable bonds is 3. The van der Waals surface area contributed by atoms with Crippen molar-refractivity contribution in [1.29, 1.82) is 0 Å². The van der Waals surface area contributed by atoms with Gasteiger partial charge in [0.1, 0.15) is 0 Å². The lowest BCUT2D eigenvalue weighted by molar-refractivity contribution is 0.172. The van der Waals surface area contributed by atoms with Crippen molar-refractivity contribution in [2.24, 2.45) is 0 Å². The van der Waals surface area contributed by atoms with Gasteiger partial charge in [-0.15, -0.1) is 0 Å². The van der Waals surface area contributed by atoms with Gasteiger partial charge in [-0.3, -0.25) is 0 Å². The lowest BCUT2D eigenvalue weighted by Crippen LogP contribution is -2.53. The van der Waals surface area contributed by atoms with Crippen molar-refractivity contribution < 1.29 is 13.2 Å². The first-order chi connectivity index (χ1) is 10.5. The molecule has 22 heavy (non-hydrogen) atoms. The Morgan fingerprint density at radius 2 is 1.68 bits per heavy atom. The quantitative estimate of drug-likeness (QED) is 0.856. The fraction of sp³-hybridized carbons (Fsp3) is 0.500. The molecule has 0 radical (unpaired) electrons. The molecule has 0 unspecified atom stereocenters. The molecule has 0 spiro atoms. The molecule has 1 heterocycles. The Bertz CT molecular complexity index is 650. The van der Waals surface area contributed by atoms with Gasteiger partial charge < -0.3 is 10.2 Å². The smallest absolute Gasteiger partial charge is 0.317 e. The zero-order valence-corrected chi connectivity index (χ0v) is 14.4. The summed E-state index contributed by atoms with van der Waals surface area (Å²) in [7, 11) is -3.48. The molecular formula is C14H18BrN3O3S. The summed E-state index contributed by atoms with van der Waals surface area (Å²) in [6.45, 7) is 1.51. The molecular weight excluding hydrogens is 370 g/mol. The third kappa shape index (κ3) is 3.44. The van der Waals surface area contributed by atoms with Gasteiger partial charge in [0.2, 0.25) is 10.0 Å². The molecule has 2 amide bonds. The predicted octanol–water partition coefficient (Wildman–Crippen LogP) is 1.63. The van der Waals surface area contributed by atoms with Gasteiger partial charge in [0.15, 0.2) is 0 Å². The molecule has 0 bridgehead atoms. The van der Waals surface area contributed by atoms with Gasteiger partial charge in [-0.1, -0.05) is 15.9 Å². The molecule has 1 saturated carbocycles. The molecule has 1 aliphatic carbocycles. The van der Waals surface area contributed by atoms with Crippen molar-refractivity contribution >= 4 is 32.0 Å². The van der Waals surface area contributed by atoms with Gasteiger partial charge in [-0.25, -0.2) is 13.2 Å². The zero-order chi connectivity index (χ0) is 15.7. The van der Waals surface area contributed by atoms with E-state index in [0.717, 1.165) is 17.3 Å². The molecule has 8 heteroatoms. The second-order valence-corrected chi connectivity index (χ2v) is 8.42. The number of sulfonamides is 1. The number of amides is 2. The molecule has 2 aliphatic rings. The van der Waals surface area contributed by atoms with Crippen LogP contribution in [0.1, 0.15) is 12.8 Å². The van der Waals surface area contributed by atoms with E-state index in [9.17, 15) is 13.2 Å². The van der Waals surface area contributed by atoms with E-state index in [0.29, 0.717) is 32.2 Å². The van der Waals surface area contributed by atoms with Gasteiger partial charge >= 0.3 is 6.03 Å². The lowest BCUT2D eigenvalue weighted by Gasteiger charge is -2.34. The van der Waals surface area contributed by atoms with Crippen LogP contribution in [0.25, 0.3) is 0 Å². The van der Waals surface area contributed by atoms with E-state index in [1.165, 1.54) is 4.31 Å². The summed E-state index contributed by atoms with van der Waals surface area (Å²) in [6, 6.07) is 6.84. The van der Waals surface area contributed by atoms with Crippen molar-refractivity contribution in [3.63, 3.8) is 0 Å². The fourth-order valence-corrected chi connectivity index (χ4v) is 4.07. The van der Waals surface area contributed by atoms with Crippen LogP contribution in [0.5, 0.6) is 0 Å². The van der Waals surface area contributed by atoms with Crippen molar-refractivity contribution in [2.75, 3.05) is 26.2 Å². The summed E-state index contributed by atoms with van der Waals surface area (Å²) in [4.78, 5) is 13.9. The number of urea groups is 1. The molecule has 6 nitrogen and oxygen atoms in total. The van der Waals surface area contributed by atoms with Crippen LogP contribution >= 0.6 is 15.9 Å². The highest BCUT2D eigenvalue weighted by Crippen LogP contribution is 2.21. The minimum atomic E-state index is -3.48. The fourth-order valence-electron chi connectivity index (χ4n) is 2.38. The number of carbonyl (C=O) groups excluding carboxylic acids is 1. The first kappa shape index (κ1) is 15.8. The van der Waals surface area contributed by atoms with Gasteiger partial charge in [-0.2, -0.15) is 4.31 Å². The highest BCUT2D eigenvalue weighted by Gasteiger charge is 2.32. The molecule has 0 atom stereocenters. The van der Waals surface area contributed by atoms with Gasteiger partial charge in [0.05, 0.1) is 4.90 Å². The number of piperazine rings is 1. The number of nitrogens with one attached hydrogen (secondary N) is 1. The highest BCUT2D eigenvalue weighted by molar-refractivity contribution is 9.10. The van der Waals surface area contributed by atoms with E-state index in [1.54, 1.807) is 29.2 Å². The first-order valence-corrected chi connectivity index (χ1v) is 9.51. The molecule has 1 aromatic carbocycles. The maximum Gasteiger partial charge on any atom is 0.317 e. The highest BCUT2D eigenvalue weighted by atomic mass is 79.9. The number of halogens is 1. The van der Waals surface area contributed by atoms with Gasteiger partial charge in [0, 0.05) is 36.7 Å². The molecule has 1 saturated heterocycles. The minimum absolute atomic E-state index is 0.0804. The Hall–Kier alpha value is -1.12. The van der Waals surface area contributed by atoms with Crippen LogP contribution in [0.4, 0.5) is 4.79 Å². The zero-order valence-electron chi connectivity index (χ0n) is 12.0. The van der Waals surface area contributed by atoms with Crippen LogP contribution in [0.15, 0.2) is 33.6 Å². The minimum Gasteiger partial charge on any atom is -0.335 e. The van der Waals surface area contributed by atoms with Crippen LogP contribution < -0.4 is 5.32 Å². The van der Waals surface area contributed by atoms with Crippen molar-refractivity contribution in [1.82, 2.24) is 14.5 Å². The Kier molecular flexibility index (Phi) is 4.42. The molecule has 0 aromatic heterocycles. The number of hydrogen-bond acceptors (Lipinski definition) is 3. The summed E-state index contributed by atoms with van der Waals surface area (Å²) in [5, 5.41) is 2.93.